The fraction of sp³-hybridized carbons (Fsp3) is 0.600. The first-order chi connectivity index (χ1) is 8.58. The van der Waals surface area contributed by atoms with E-state index in [4.69, 9.17) is 0 Å². The van der Waals surface area contributed by atoms with E-state index in [9.17, 15) is 5.11 Å². The minimum atomic E-state index is 0.177. The average molecular weight is 267 g/mol. The summed E-state index contributed by atoms with van der Waals surface area (Å²) in [4.78, 5) is 0. The predicted molar refractivity (Wildman–Crippen MR) is 81.4 cm³/mol. The highest BCUT2D eigenvalue weighted by Crippen LogP contribution is 2.31. The number of phenols is 1. The fourth-order valence-electron chi connectivity index (χ4n) is 2.16. The summed E-state index contributed by atoms with van der Waals surface area (Å²) in [6.45, 7) is 7.56. The lowest BCUT2D eigenvalue weighted by Crippen LogP contribution is -2.37. The highest BCUT2D eigenvalue weighted by molar-refractivity contribution is 8.00. The van der Waals surface area contributed by atoms with Gasteiger partial charge in [0.2, 0.25) is 0 Å². The molecule has 0 radical (unpaired) electrons. The van der Waals surface area contributed by atoms with Crippen molar-refractivity contribution in [3.8, 4) is 5.75 Å². The molecule has 2 nitrogen and oxygen atoms in total. The number of thioether (sulfide) groups is 1. The van der Waals surface area contributed by atoms with Crippen molar-refractivity contribution in [3.63, 3.8) is 0 Å². The maximum absolute atomic E-state index is 9.84. The van der Waals surface area contributed by atoms with Gasteiger partial charge in [-0.25, -0.2) is 0 Å². The maximum atomic E-state index is 9.84. The van der Waals surface area contributed by atoms with Crippen LogP contribution in [0.4, 0.5) is 0 Å². The van der Waals surface area contributed by atoms with E-state index < -0.39 is 0 Å². The Hall–Kier alpha value is -0.670. The highest BCUT2D eigenvalue weighted by Gasteiger charge is 2.25. The number of nitrogens with one attached hydrogen (secondary N) is 1. The number of benzene rings is 1. The quantitative estimate of drug-likeness (QED) is 0.784. The van der Waals surface area contributed by atoms with Crippen molar-refractivity contribution in [1.29, 1.82) is 0 Å². The second kappa shape index (κ2) is 7.05. The Bertz CT molecular complexity index is 355. The standard InChI is InChI=1S/C15H25NOS/c1-5-15(6-2,18-4)11-16-12(3)13-9-7-8-10-14(13)17/h7-10,12,16-17H,5-6,11H2,1-4H3. The number of hydrogen-bond donors (Lipinski definition) is 2. The van der Waals surface area contributed by atoms with E-state index in [0.29, 0.717) is 10.5 Å². The smallest absolute Gasteiger partial charge is 0.120 e. The third-order valence-electron chi connectivity index (χ3n) is 3.86. The largest absolute Gasteiger partial charge is 0.508 e. The molecule has 2 N–H and O–H groups in total. The van der Waals surface area contributed by atoms with E-state index in [1.807, 2.05) is 30.0 Å². The summed E-state index contributed by atoms with van der Waals surface area (Å²) < 4.78 is 0.304. The molecular weight excluding hydrogens is 242 g/mol. The summed E-state index contributed by atoms with van der Waals surface area (Å²) >= 11 is 1.93. The molecule has 0 heterocycles. The van der Waals surface area contributed by atoms with Gasteiger partial charge >= 0.3 is 0 Å². The van der Waals surface area contributed by atoms with Gasteiger partial charge in [-0.3, -0.25) is 0 Å². The maximum Gasteiger partial charge on any atom is 0.120 e. The normalized spacial score (nSPS) is 13.6. The lowest BCUT2D eigenvalue weighted by Gasteiger charge is -2.31. The molecule has 0 bridgehead atoms. The summed E-state index contributed by atoms with van der Waals surface area (Å²) in [6, 6.07) is 7.72. The second-order valence-electron chi connectivity index (χ2n) is 4.76. The Morgan fingerprint density at radius 3 is 2.39 bits per heavy atom. The summed E-state index contributed by atoms with van der Waals surface area (Å²) in [5.74, 6) is 0.375. The molecule has 0 aromatic heterocycles. The van der Waals surface area contributed by atoms with Gasteiger partial charge in [0.15, 0.2) is 0 Å². The van der Waals surface area contributed by atoms with E-state index >= 15 is 0 Å². The Morgan fingerprint density at radius 2 is 1.89 bits per heavy atom. The van der Waals surface area contributed by atoms with Crippen LogP contribution < -0.4 is 5.32 Å². The van der Waals surface area contributed by atoms with Crippen LogP contribution in [0, 0.1) is 0 Å². The molecule has 0 amide bonds. The van der Waals surface area contributed by atoms with Gasteiger partial charge in [0.25, 0.3) is 0 Å². The zero-order chi connectivity index (χ0) is 13.6. The molecule has 0 saturated heterocycles. The minimum absolute atomic E-state index is 0.177. The summed E-state index contributed by atoms with van der Waals surface area (Å²) in [5, 5.41) is 13.4. The highest BCUT2D eigenvalue weighted by atomic mass is 32.2. The molecule has 1 rings (SSSR count). The van der Waals surface area contributed by atoms with Crippen molar-refractivity contribution in [2.45, 2.75) is 44.4 Å². The Kier molecular flexibility index (Phi) is 6.03. The van der Waals surface area contributed by atoms with E-state index in [0.717, 1.165) is 24.9 Å². The van der Waals surface area contributed by atoms with E-state index in [2.05, 4.69) is 32.3 Å². The van der Waals surface area contributed by atoms with Gasteiger partial charge in [-0.15, -0.1) is 0 Å². The molecule has 0 spiro atoms. The molecule has 0 saturated carbocycles. The Balaban J connectivity index is 2.66. The van der Waals surface area contributed by atoms with Crippen LogP contribution in [0.15, 0.2) is 24.3 Å². The molecule has 0 aliphatic heterocycles. The fourth-order valence-corrected chi connectivity index (χ4v) is 2.97. The monoisotopic (exact) mass is 267 g/mol. The number of phenolic OH excluding ortho intramolecular Hbond substituents is 1. The predicted octanol–water partition coefficient (Wildman–Crippen LogP) is 3.96. The van der Waals surface area contributed by atoms with Crippen LogP contribution in [0.3, 0.4) is 0 Å². The van der Waals surface area contributed by atoms with Gasteiger partial charge in [0, 0.05) is 22.9 Å². The van der Waals surface area contributed by atoms with Gasteiger partial charge in [0.1, 0.15) is 5.75 Å². The van der Waals surface area contributed by atoms with Gasteiger partial charge < -0.3 is 10.4 Å². The van der Waals surface area contributed by atoms with Crippen molar-refractivity contribution in [2.24, 2.45) is 0 Å². The summed E-state index contributed by atoms with van der Waals surface area (Å²) in [7, 11) is 0. The van der Waals surface area contributed by atoms with Crippen molar-refractivity contribution in [2.75, 3.05) is 12.8 Å². The van der Waals surface area contributed by atoms with Crippen molar-refractivity contribution in [3.05, 3.63) is 29.8 Å². The first-order valence-electron chi connectivity index (χ1n) is 6.65. The Labute approximate surface area is 115 Å². The average Bonchev–Trinajstić information content (AvgIpc) is 2.41. The third-order valence-corrected chi connectivity index (χ3v) is 5.44. The lowest BCUT2D eigenvalue weighted by atomic mass is 10.0. The van der Waals surface area contributed by atoms with Gasteiger partial charge in [-0.1, -0.05) is 32.0 Å². The van der Waals surface area contributed by atoms with Gasteiger partial charge in [-0.2, -0.15) is 11.8 Å². The molecule has 0 aliphatic rings. The minimum Gasteiger partial charge on any atom is -0.508 e. The van der Waals surface area contributed by atoms with Crippen LogP contribution in [-0.2, 0) is 0 Å². The van der Waals surface area contributed by atoms with Crippen molar-refractivity contribution < 1.29 is 5.11 Å². The van der Waals surface area contributed by atoms with Crippen LogP contribution >= 0.6 is 11.8 Å². The topological polar surface area (TPSA) is 32.3 Å². The van der Waals surface area contributed by atoms with E-state index in [-0.39, 0.29) is 6.04 Å². The number of para-hydroxylation sites is 1. The summed E-state index contributed by atoms with van der Waals surface area (Å²) in [6.07, 6.45) is 4.50. The molecule has 0 aliphatic carbocycles. The molecule has 1 aromatic rings. The number of rotatable bonds is 7. The third kappa shape index (κ3) is 3.66. The van der Waals surface area contributed by atoms with Crippen LogP contribution in [-0.4, -0.2) is 22.7 Å². The summed E-state index contributed by atoms with van der Waals surface area (Å²) in [5.41, 5.74) is 0.972. The zero-order valence-corrected chi connectivity index (χ0v) is 12.7. The van der Waals surface area contributed by atoms with Crippen LogP contribution in [0.25, 0.3) is 0 Å². The second-order valence-corrected chi connectivity index (χ2v) is 6.03. The van der Waals surface area contributed by atoms with Gasteiger partial charge in [0.05, 0.1) is 0 Å². The van der Waals surface area contributed by atoms with Crippen LogP contribution in [0.2, 0.25) is 0 Å². The first kappa shape index (κ1) is 15.4. The lowest BCUT2D eigenvalue weighted by molar-refractivity contribution is 0.432. The van der Waals surface area contributed by atoms with Crippen molar-refractivity contribution in [1.82, 2.24) is 5.32 Å². The molecule has 0 fully saturated rings. The SMILES string of the molecule is CCC(CC)(CNC(C)c1ccccc1O)SC. The molecule has 3 heteroatoms. The molecule has 102 valence electrons. The van der Waals surface area contributed by atoms with E-state index in [1.54, 1.807) is 6.07 Å². The van der Waals surface area contributed by atoms with Crippen molar-refractivity contribution >= 4 is 11.8 Å². The molecule has 1 atom stereocenters. The number of hydrogen-bond acceptors (Lipinski definition) is 3. The Morgan fingerprint density at radius 1 is 1.28 bits per heavy atom. The molecule has 1 unspecified atom stereocenters. The van der Waals surface area contributed by atoms with Crippen LogP contribution in [0.5, 0.6) is 5.75 Å². The number of aromatic hydroxyl groups is 1. The zero-order valence-electron chi connectivity index (χ0n) is 11.9. The molecule has 18 heavy (non-hydrogen) atoms. The first-order valence-corrected chi connectivity index (χ1v) is 7.87. The van der Waals surface area contributed by atoms with E-state index in [1.165, 1.54) is 0 Å². The molecule has 1 aromatic carbocycles. The van der Waals surface area contributed by atoms with Crippen LogP contribution in [0.1, 0.15) is 45.2 Å². The molecular formula is C15H25NOS. The van der Waals surface area contributed by atoms with Gasteiger partial charge in [-0.05, 0) is 32.1 Å².